The molecular formula is C22H22N4O2S. The second kappa shape index (κ2) is 8.46. The first-order valence-corrected chi connectivity index (χ1v) is 10.4. The van der Waals surface area contributed by atoms with Crippen molar-refractivity contribution in [3.63, 3.8) is 0 Å². The highest BCUT2D eigenvalue weighted by molar-refractivity contribution is 7.10. The molecule has 0 fully saturated rings. The van der Waals surface area contributed by atoms with E-state index in [0.29, 0.717) is 16.7 Å². The summed E-state index contributed by atoms with van der Waals surface area (Å²) in [4.78, 5) is 30.4. The van der Waals surface area contributed by atoms with Gasteiger partial charge in [0.05, 0.1) is 23.6 Å². The number of anilines is 1. The maximum absolute atomic E-state index is 12.5. The Morgan fingerprint density at radius 2 is 1.86 bits per heavy atom. The van der Waals surface area contributed by atoms with Gasteiger partial charge in [0.25, 0.3) is 0 Å². The van der Waals surface area contributed by atoms with Crippen molar-refractivity contribution >= 4 is 34.0 Å². The van der Waals surface area contributed by atoms with Gasteiger partial charge < -0.3 is 15.3 Å². The fourth-order valence-corrected chi connectivity index (χ4v) is 4.12. The van der Waals surface area contributed by atoms with Crippen molar-refractivity contribution in [2.45, 2.75) is 19.4 Å². The molecular weight excluding hydrogens is 384 g/mol. The van der Waals surface area contributed by atoms with E-state index >= 15 is 0 Å². The summed E-state index contributed by atoms with van der Waals surface area (Å²) in [6.45, 7) is 2.30. The third-order valence-electron chi connectivity index (χ3n) is 4.82. The standard InChI is InChI=1S/C22H22N4O2S/c1-2-14-5-7-15(8-6-14)21(19-4-3-11-29-19)23-13-20(27)24-16-9-10-17-18(12-16)26-22(28)25-17/h3-12,21,23H,2,13H2,1H3,(H,24,27)(H2,25,26,28). The number of carbonyl (C=O) groups excluding carboxylic acids is 1. The Balaban J connectivity index is 1.45. The Morgan fingerprint density at radius 3 is 2.59 bits per heavy atom. The number of carbonyl (C=O) groups is 1. The zero-order chi connectivity index (χ0) is 20.2. The first kappa shape index (κ1) is 19.2. The number of nitrogens with one attached hydrogen (secondary N) is 4. The first-order valence-electron chi connectivity index (χ1n) is 9.50. The molecule has 1 amide bonds. The number of thiophene rings is 1. The number of imidazole rings is 1. The Morgan fingerprint density at radius 1 is 1.07 bits per heavy atom. The van der Waals surface area contributed by atoms with Crippen molar-refractivity contribution in [1.29, 1.82) is 0 Å². The van der Waals surface area contributed by atoms with Crippen LogP contribution in [0.3, 0.4) is 0 Å². The number of aromatic nitrogens is 2. The molecule has 0 aliphatic carbocycles. The van der Waals surface area contributed by atoms with Gasteiger partial charge in [-0.15, -0.1) is 11.3 Å². The number of benzene rings is 2. The predicted octanol–water partition coefficient (Wildman–Crippen LogP) is 3.80. The Bertz CT molecular complexity index is 1160. The molecule has 0 saturated heterocycles. The molecule has 2 aromatic heterocycles. The second-order valence-electron chi connectivity index (χ2n) is 6.81. The van der Waals surface area contributed by atoms with E-state index in [9.17, 15) is 9.59 Å². The number of hydrogen-bond acceptors (Lipinski definition) is 4. The number of fused-ring (bicyclic) bond motifs is 1. The minimum absolute atomic E-state index is 0.0461. The largest absolute Gasteiger partial charge is 0.325 e. The van der Waals surface area contributed by atoms with E-state index in [1.165, 1.54) is 5.56 Å². The van der Waals surface area contributed by atoms with Crippen LogP contribution in [-0.2, 0) is 11.2 Å². The average molecular weight is 407 g/mol. The van der Waals surface area contributed by atoms with E-state index < -0.39 is 0 Å². The molecule has 4 rings (SSSR count). The predicted molar refractivity (Wildman–Crippen MR) is 118 cm³/mol. The van der Waals surface area contributed by atoms with E-state index in [-0.39, 0.29) is 24.2 Å². The molecule has 2 heterocycles. The molecule has 4 N–H and O–H groups in total. The lowest BCUT2D eigenvalue weighted by atomic mass is 10.0. The zero-order valence-electron chi connectivity index (χ0n) is 16.0. The topological polar surface area (TPSA) is 89.8 Å². The van der Waals surface area contributed by atoms with Gasteiger partial charge in [0.1, 0.15) is 0 Å². The van der Waals surface area contributed by atoms with Crippen LogP contribution in [0.4, 0.5) is 5.69 Å². The normalized spacial score (nSPS) is 12.2. The van der Waals surface area contributed by atoms with Crippen LogP contribution >= 0.6 is 11.3 Å². The van der Waals surface area contributed by atoms with Gasteiger partial charge in [0.15, 0.2) is 0 Å². The van der Waals surface area contributed by atoms with Crippen LogP contribution in [0.1, 0.15) is 29.0 Å². The van der Waals surface area contributed by atoms with Gasteiger partial charge in [0, 0.05) is 10.6 Å². The molecule has 29 heavy (non-hydrogen) atoms. The Kier molecular flexibility index (Phi) is 5.59. The summed E-state index contributed by atoms with van der Waals surface area (Å²) in [6, 6.07) is 17.8. The lowest BCUT2D eigenvalue weighted by molar-refractivity contribution is -0.115. The molecule has 6 nitrogen and oxygen atoms in total. The summed E-state index contributed by atoms with van der Waals surface area (Å²) in [5.41, 5.74) is 4.16. The molecule has 0 radical (unpaired) electrons. The molecule has 1 unspecified atom stereocenters. The Hall–Kier alpha value is -3.16. The molecule has 0 bridgehead atoms. The van der Waals surface area contributed by atoms with Crippen molar-refractivity contribution in [2.75, 3.05) is 11.9 Å². The van der Waals surface area contributed by atoms with Crippen molar-refractivity contribution in [3.05, 3.63) is 86.5 Å². The molecule has 0 aliphatic heterocycles. The van der Waals surface area contributed by atoms with Gasteiger partial charge in [-0.2, -0.15) is 0 Å². The van der Waals surface area contributed by atoms with E-state index in [2.05, 4.69) is 57.9 Å². The third kappa shape index (κ3) is 4.47. The van der Waals surface area contributed by atoms with Gasteiger partial charge in [-0.05, 0) is 47.2 Å². The van der Waals surface area contributed by atoms with E-state index in [0.717, 1.165) is 16.9 Å². The lowest BCUT2D eigenvalue weighted by Gasteiger charge is -2.18. The second-order valence-corrected chi connectivity index (χ2v) is 7.79. The van der Waals surface area contributed by atoms with E-state index in [1.54, 1.807) is 29.5 Å². The molecule has 2 aromatic carbocycles. The molecule has 4 aromatic rings. The van der Waals surface area contributed by atoms with Crippen LogP contribution in [0.5, 0.6) is 0 Å². The van der Waals surface area contributed by atoms with Gasteiger partial charge in [0.2, 0.25) is 5.91 Å². The molecule has 0 aliphatic rings. The minimum Gasteiger partial charge on any atom is -0.325 e. The number of aryl methyl sites for hydroxylation is 1. The highest BCUT2D eigenvalue weighted by atomic mass is 32.1. The van der Waals surface area contributed by atoms with Crippen LogP contribution in [0.25, 0.3) is 11.0 Å². The van der Waals surface area contributed by atoms with Gasteiger partial charge in [-0.3, -0.25) is 10.1 Å². The fourth-order valence-electron chi connectivity index (χ4n) is 3.29. The molecule has 0 saturated carbocycles. The van der Waals surface area contributed by atoms with Crippen LogP contribution in [-0.4, -0.2) is 22.4 Å². The van der Waals surface area contributed by atoms with Crippen molar-refractivity contribution < 1.29 is 4.79 Å². The van der Waals surface area contributed by atoms with Crippen LogP contribution < -0.4 is 16.3 Å². The summed E-state index contributed by atoms with van der Waals surface area (Å²) in [6.07, 6.45) is 0.997. The van der Waals surface area contributed by atoms with Crippen molar-refractivity contribution in [3.8, 4) is 0 Å². The summed E-state index contributed by atoms with van der Waals surface area (Å²) in [5, 5.41) is 8.29. The zero-order valence-corrected chi connectivity index (χ0v) is 16.8. The van der Waals surface area contributed by atoms with Crippen molar-refractivity contribution in [1.82, 2.24) is 15.3 Å². The van der Waals surface area contributed by atoms with E-state index in [4.69, 9.17) is 0 Å². The number of amides is 1. The van der Waals surface area contributed by atoms with Crippen LogP contribution in [0.15, 0.2) is 64.8 Å². The Labute approximate surface area is 172 Å². The first-order chi connectivity index (χ1) is 14.1. The third-order valence-corrected chi connectivity index (χ3v) is 5.75. The number of aromatic amines is 2. The number of rotatable bonds is 7. The lowest BCUT2D eigenvalue weighted by Crippen LogP contribution is -2.31. The summed E-state index contributed by atoms with van der Waals surface area (Å²) in [7, 11) is 0. The van der Waals surface area contributed by atoms with Gasteiger partial charge >= 0.3 is 5.69 Å². The monoisotopic (exact) mass is 406 g/mol. The summed E-state index contributed by atoms with van der Waals surface area (Å²) >= 11 is 1.66. The molecule has 0 spiro atoms. The summed E-state index contributed by atoms with van der Waals surface area (Å²) < 4.78 is 0. The van der Waals surface area contributed by atoms with Crippen LogP contribution in [0.2, 0.25) is 0 Å². The maximum atomic E-state index is 12.5. The van der Waals surface area contributed by atoms with E-state index in [1.807, 2.05) is 11.4 Å². The highest BCUT2D eigenvalue weighted by Crippen LogP contribution is 2.26. The maximum Gasteiger partial charge on any atom is 0.323 e. The van der Waals surface area contributed by atoms with Crippen molar-refractivity contribution in [2.24, 2.45) is 0 Å². The molecule has 148 valence electrons. The SMILES string of the molecule is CCc1ccc(C(NCC(=O)Nc2ccc3[nH]c(=O)[nH]c3c2)c2cccs2)cc1. The average Bonchev–Trinajstić information content (AvgIpc) is 3.37. The number of hydrogen-bond donors (Lipinski definition) is 4. The van der Waals surface area contributed by atoms with Crippen LogP contribution in [0, 0.1) is 0 Å². The molecule has 7 heteroatoms. The van der Waals surface area contributed by atoms with Gasteiger partial charge in [-0.1, -0.05) is 37.3 Å². The smallest absolute Gasteiger partial charge is 0.323 e. The molecule has 1 atom stereocenters. The summed E-state index contributed by atoms with van der Waals surface area (Å²) in [5.74, 6) is -0.144. The fraction of sp³-hybridized carbons (Fsp3) is 0.182. The van der Waals surface area contributed by atoms with Gasteiger partial charge in [-0.25, -0.2) is 4.79 Å². The highest BCUT2D eigenvalue weighted by Gasteiger charge is 2.16. The number of H-pyrrole nitrogens is 2. The quantitative estimate of drug-likeness (QED) is 0.376. The minimum atomic E-state index is -0.266.